The summed E-state index contributed by atoms with van der Waals surface area (Å²) in [5, 5.41) is 13.9. The molecule has 2 fully saturated rings. The summed E-state index contributed by atoms with van der Waals surface area (Å²) in [6.45, 7) is 0.501. The van der Waals surface area contributed by atoms with Crippen LogP contribution in [-0.4, -0.2) is 37.4 Å². The van der Waals surface area contributed by atoms with Crippen molar-refractivity contribution in [2.24, 2.45) is 0 Å². The molecule has 1 saturated heterocycles. The zero-order valence-corrected chi connectivity index (χ0v) is 16.6. The van der Waals surface area contributed by atoms with Crippen molar-refractivity contribution >= 4 is 47.0 Å². The van der Waals surface area contributed by atoms with Crippen molar-refractivity contribution < 1.29 is 9.59 Å². The molecule has 1 aliphatic carbocycles. The molecule has 30 heavy (non-hydrogen) atoms. The molecule has 2 amide bonds. The van der Waals surface area contributed by atoms with E-state index in [9.17, 15) is 9.59 Å². The van der Waals surface area contributed by atoms with Gasteiger partial charge in [0.1, 0.15) is 0 Å². The van der Waals surface area contributed by atoms with Gasteiger partial charge in [-0.15, -0.1) is 0 Å². The maximum absolute atomic E-state index is 11.9. The number of hydrogen-bond acceptors (Lipinski definition) is 7. The molecule has 1 saturated carbocycles. The van der Waals surface area contributed by atoms with E-state index in [1.807, 2.05) is 24.3 Å². The van der Waals surface area contributed by atoms with Crippen LogP contribution in [0.15, 0.2) is 36.0 Å². The van der Waals surface area contributed by atoms with Crippen molar-refractivity contribution in [3.05, 3.63) is 52.2 Å². The molecule has 0 unspecified atom stereocenters. The lowest BCUT2D eigenvalue weighted by atomic mass is 10.1. The van der Waals surface area contributed by atoms with Gasteiger partial charge in [-0.25, -0.2) is 0 Å². The summed E-state index contributed by atoms with van der Waals surface area (Å²) in [6, 6.07) is 7.92. The summed E-state index contributed by atoms with van der Waals surface area (Å²) in [4.78, 5) is 32.6. The predicted octanol–water partition coefficient (Wildman–Crippen LogP) is 2.39. The molecular formula is C20H18ClN7O2. The average Bonchev–Trinajstić information content (AvgIpc) is 3.35. The minimum atomic E-state index is -0.385. The number of imide groups is 1. The van der Waals surface area contributed by atoms with Crippen LogP contribution in [0.2, 0.25) is 5.02 Å². The Morgan fingerprint density at radius 2 is 2.13 bits per heavy atom. The largest absolute Gasteiger partial charge is 0.351 e. The zero-order chi connectivity index (χ0) is 20.7. The van der Waals surface area contributed by atoms with Crippen molar-refractivity contribution in [3.8, 4) is 0 Å². The molecule has 9 nitrogen and oxygen atoms in total. The van der Waals surface area contributed by atoms with Crippen LogP contribution in [0.3, 0.4) is 0 Å². The lowest BCUT2D eigenvalue weighted by Crippen LogP contribution is -2.19. The van der Waals surface area contributed by atoms with Gasteiger partial charge in [-0.1, -0.05) is 23.7 Å². The van der Waals surface area contributed by atoms with Crippen molar-refractivity contribution in [3.63, 3.8) is 0 Å². The normalized spacial score (nSPS) is 17.6. The van der Waals surface area contributed by atoms with Crippen LogP contribution in [-0.2, 0) is 16.1 Å². The third-order valence-electron chi connectivity index (χ3n) is 4.87. The molecule has 3 aromatic rings. The number of aromatic nitrogens is 4. The Bertz CT molecular complexity index is 1200. The first-order chi connectivity index (χ1) is 14.5. The highest BCUT2D eigenvalue weighted by atomic mass is 35.5. The summed E-state index contributed by atoms with van der Waals surface area (Å²) in [5.41, 5.74) is 2.57. The summed E-state index contributed by atoms with van der Waals surface area (Å²) >= 11 is 6.06. The van der Waals surface area contributed by atoms with E-state index in [1.165, 1.54) is 0 Å². The van der Waals surface area contributed by atoms with Crippen molar-refractivity contribution in [2.75, 3.05) is 10.6 Å². The molecule has 0 bridgehead atoms. The number of hydrogen-bond donors (Lipinski definition) is 3. The Kier molecular flexibility index (Phi) is 4.59. The van der Waals surface area contributed by atoms with Gasteiger partial charge in [-0.05, 0) is 36.6 Å². The third-order valence-corrected chi connectivity index (χ3v) is 5.11. The van der Waals surface area contributed by atoms with E-state index in [0.29, 0.717) is 46.3 Å². The SMILES string of the molecule is O=C1C/C(=C\c2cnn3c(NC4CC4)nc(NCc4cccc(Cl)c4)nc23)C(=O)N1. The van der Waals surface area contributed by atoms with E-state index >= 15 is 0 Å². The Morgan fingerprint density at radius 3 is 2.87 bits per heavy atom. The van der Waals surface area contributed by atoms with Gasteiger partial charge in [0.15, 0.2) is 5.65 Å². The van der Waals surface area contributed by atoms with Gasteiger partial charge < -0.3 is 10.6 Å². The minimum absolute atomic E-state index is 0.0499. The summed E-state index contributed by atoms with van der Waals surface area (Å²) in [6.07, 6.45) is 5.48. The highest BCUT2D eigenvalue weighted by molar-refractivity contribution is 6.30. The molecule has 1 aliphatic heterocycles. The van der Waals surface area contributed by atoms with Crippen molar-refractivity contribution in [1.82, 2.24) is 24.9 Å². The molecule has 0 radical (unpaired) electrons. The third kappa shape index (κ3) is 3.84. The van der Waals surface area contributed by atoms with Gasteiger partial charge in [0.05, 0.1) is 12.6 Å². The Hall–Kier alpha value is -3.46. The number of nitrogens with zero attached hydrogens (tertiary/aromatic N) is 4. The van der Waals surface area contributed by atoms with E-state index in [1.54, 1.807) is 16.8 Å². The molecule has 3 N–H and O–H groups in total. The summed E-state index contributed by atoms with van der Waals surface area (Å²) < 4.78 is 1.62. The highest BCUT2D eigenvalue weighted by Crippen LogP contribution is 2.26. The molecule has 5 rings (SSSR count). The second-order valence-electron chi connectivity index (χ2n) is 7.33. The number of halogens is 1. The fraction of sp³-hybridized carbons (Fsp3) is 0.250. The smallest absolute Gasteiger partial charge is 0.254 e. The molecule has 10 heteroatoms. The number of benzene rings is 1. The van der Waals surface area contributed by atoms with E-state index in [-0.39, 0.29) is 18.2 Å². The molecule has 0 spiro atoms. The van der Waals surface area contributed by atoms with E-state index in [4.69, 9.17) is 11.6 Å². The number of fused-ring (bicyclic) bond motifs is 1. The van der Waals surface area contributed by atoms with Gasteiger partial charge in [0.25, 0.3) is 5.91 Å². The molecule has 3 heterocycles. The topological polar surface area (TPSA) is 113 Å². The number of carbonyl (C=O) groups is 2. The molecule has 0 atom stereocenters. The van der Waals surface area contributed by atoms with E-state index in [2.05, 4.69) is 31.0 Å². The first-order valence-electron chi connectivity index (χ1n) is 9.60. The highest BCUT2D eigenvalue weighted by Gasteiger charge is 2.26. The van der Waals surface area contributed by atoms with Crippen LogP contribution in [0.1, 0.15) is 30.4 Å². The lowest BCUT2D eigenvalue weighted by molar-refractivity contribution is -0.124. The molecule has 2 aromatic heterocycles. The van der Waals surface area contributed by atoms with E-state index < -0.39 is 0 Å². The van der Waals surface area contributed by atoms with Gasteiger partial charge in [0, 0.05) is 28.7 Å². The van der Waals surface area contributed by atoms with Gasteiger partial charge in [-0.3, -0.25) is 14.9 Å². The zero-order valence-electron chi connectivity index (χ0n) is 15.9. The van der Waals surface area contributed by atoms with Crippen molar-refractivity contribution in [2.45, 2.75) is 31.8 Å². The maximum Gasteiger partial charge on any atom is 0.254 e. The van der Waals surface area contributed by atoms with Crippen molar-refractivity contribution in [1.29, 1.82) is 0 Å². The minimum Gasteiger partial charge on any atom is -0.351 e. The first kappa shape index (κ1) is 18.6. The first-order valence-corrected chi connectivity index (χ1v) is 9.98. The number of amides is 2. The fourth-order valence-electron chi connectivity index (χ4n) is 3.22. The predicted molar refractivity (Wildman–Crippen MR) is 112 cm³/mol. The second-order valence-corrected chi connectivity index (χ2v) is 7.77. The Morgan fingerprint density at radius 1 is 1.27 bits per heavy atom. The monoisotopic (exact) mass is 423 g/mol. The van der Waals surface area contributed by atoms with E-state index in [0.717, 1.165) is 18.4 Å². The number of nitrogens with one attached hydrogen (secondary N) is 3. The lowest BCUT2D eigenvalue weighted by Gasteiger charge is -2.10. The van der Waals surface area contributed by atoms with Crippen LogP contribution >= 0.6 is 11.6 Å². The maximum atomic E-state index is 11.9. The molecule has 152 valence electrons. The molecule has 1 aromatic carbocycles. The quantitative estimate of drug-likeness (QED) is 0.412. The number of rotatable bonds is 6. The van der Waals surface area contributed by atoms with Crippen LogP contribution in [0.4, 0.5) is 11.9 Å². The van der Waals surface area contributed by atoms with Gasteiger partial charge in [0.2, 0.25) is 17.8 Å². The molecule has 2 aliphatic rings. The van der Waals surface area contributed by atoms with Crippen LogP contribution in [0, 0.1) is 0 Å². The summed E-state index contributed by atoms with van der Waals surface area (Å²) in [5.74, 6) is 0.312. The Balaban J connectivity index is 1.50. The molecular weight excluding hydrogens is 406 g/mol. The van der Waals surface area contributed by atoms with Gasteiger partial charge >= 0.3 is 0 Å². The Labute approximate surface area is 176 Å². The fourth-order valence-corrected chi connectivity index (χ4v) is 3.43. The van der Waals surface area contributed by atoms with Crippen LogP contribution in [0.25, 0.3) is 11.7 Å². The van der Waals surface area contributed by atoms with Crippen LogP contribution < -0.4 is 16.0 Å². The number of anilines is 2. The standard InChI is InChI=1S/C20H18ClN7O2/c21-14-3-1-2-11(6-14)9-22-19-26-17-13(7-12-8-16(29)25-18(12)30)10-23-28(17)20(27-19)24-15-4-5-15/h1-3,6-7,10,15H,4-5,8-9H2,(H,25,29,30)(H2,22,24,26,27)/b12-7+. The summed E-state index contributed by atoms with van der Waals surface area (Å²) in [7, 11) is 0. The average molecular weight is 424 g/mol. The van der Waals surface area contributed by atoms with Crippen LogP contribution in [0.5, 0.6) is 0 Å². The number of carbonyl (C=O) groups excluding carboxylic acids is 2. The second kappa shape index (κ2) is 7.42. The van der Waals surface area contributed by atoms with Gasteiger partial charge in [-0.2, -0.15) is 19.6 Å².